The Hall–Kier alpha value is -2.50. The van der Waals surface area contributed by atoms with Gasteiger partial charge >= 0.3 is 6.09 Å². The maximum atomic E-state index is 13.1. The number of amides is 2. The number of hydrogen-bond donors (Lipinski definition) is 2. The third-order valence-corrected chi connectivity index (χ3v) is 4.74. The van der Waals surface area contributed by atoms with Crippen LogP contribution in [-0.2, 0) is 22.5 Å². The number of nitrogens with zero attached hydrogens (tertiary/aromatic N) is 1. The molecule has 2 aromatic rings. The molecule has 2 N–H and O–H groups in total. The summed E-state index contributed by atoms with van der Waals surface area (Å²) in [6.07, 6.45) is 1.84. The summed E-state index contributed by atoms with van der Waals surface area (Å²) >= 11 is 0. The quantitative estimate of drug-likeness (QED) is 0.860. The van der Waals surface area contributed by atoms with Gasteiger partial charge in [-0.05, 0) is 38.8 Å². The average molecular weight is 371 g/mol. The van der Waals surface area contributed by atoms with Gasteiger partial charge in [-0.25, -0.2) is 4.79 Å². The number of carbonyl (C=O) groups excluding carboxylic acids is 2. The molecule has 1 aromatic heterocycles. The van der Waals surface area contributed by atoms with E-state index in [2.05, 4.69) is 23.3 Å². The van der Waals surface area contributed by atoms with Crippen molar-refractivity contribution in [2.75, 3.05) is 6.54 Å². The van der Waals surface area contributed by atoms with Crippen LogP contribution in [0.5, 0.6) is 0 Å². The SMILES string of the molecule is CCCCN1Cc2[nH]c3ccccc3c2C[C@H](NC(=O)OC(C)(C)C)C1=O. The Bertz CT molecular complexity index is 835. The second kappa shape index (κ2) is 7.62. The first-order valence-electron chi connectivity index (χ1n) is 9.65. The van der Waals surface area contributed by atoms with E-state index >= 15 is 0 Å². The molecule has 0 fully saturated rings. The number of aromatic nitrogens is 1. The number of nitrogens with one attached hydrogen (secondary N) is 2. The first-order chi connectivity index (χ1) is 12.8. The minimum absolute atomic E-state index is 0.0528. The van der Waals surface area contributed by atoms with Gasteiger partial charge in [-0.2, -0.15) is 0 Å². The van der Waals surface area contributed by atoms with Gasteiger partial charge in [0, 0.05) is 29.6 Å². The number of H-pyrrole nitrogens is 1. The van der Waals surface area contributed by atoms with E-state index in [1.165, 1.54) is 0 Å². The Morgan fingerprint density at radius 2 is 2.07 bits per heavy atom. The number of carbonyl (C=O) groups is 2. The van der Waals surface area contributed by atoms with Gasteiger partial charge in [0.1, 0.15) is 11.6 Å². The van der Waals surface area contributed by atoms with Crippen molar-refractivity contribution in [3.05, 3.63) is 35.5 Å². The molecule has 3 rings (SSSR count). The minimum Gasteiger partial charge on any atom is -0.444 e. The summed E-state index contributed by atoms with van der Waals surface area (Å²) in [5.41, 5.74) is 2.60. The highest BCUT2D eigenvalue weighted by Crippen LogP contribution is 2.28. The maximum absolute atomic E-state index is 13.1. The van der Waals surface area contributed by atoms with Gasteiger partial charge in [0.25, 0.3) is 0 Å². The van der Waals surface area contributed by atoms with Crippen LogP contribution in [0.2, 0.25) is 0 Å². The lowest BCUT2D eigenvalue weighted by Crippen LogP contribution is -2.49. The predicted molar refractivity (Wildman–Crippen MR) is 105 cm³/mol. The first-order valence-corrected chi connectivity index (χ1v) is 9.65. The van der Waals surface area contributed by atoms with Crippen molar-refractivity contribution in [1.82, 2.24) is 15.2 Å². The molecule has 0 radical (unpaired) electrons. The van der Waals surface area contributed by atoms with E-state index < -0.39 is 17.7 Å². The van der Waals surface area contributed by atoms with E-state index in [1.807, 2.05) is 43.9 Å². The van der Waals surface area contributed by atoms with Gasteiger partial charge in [0.05, 0.1) is 6.54 Å². The summed E-state index contributed by atoms with van der Waals surface area (Å²) < 4.78 is 5.37. The molecular formula is C21H29N3O3. The average Bonchev–Trinajstić information content (AvgIpc) is 2.87. The molecule has 2 heterocycles. The maximum Gasteiger partial charge on any atom is 0.408 e. The van der Waals surface area contributed by atoms with Crippen LogP contribution in [0.3, 0.4) is 0 Å². The van der Waals surface area contributed by atoms with Gasteiger partial charge in [-0.1, -0.05) is 31.5 Å². The predicted octanol–water partition coefficient (Wildman–Crippen LogP) is 3.75. The van der Waals surface area contributed by atoms with Crippen LogP contribution in [-0.4, -0.2) is 40.1 Å². The fourth-order valence-corrected chi connectivity index (χ4v) is 3.51. The van der Waals surface area contributed by atoms with Crippen LogP contribution < -0.4 is 5.32 Å². The van der Waals surface area contributed by atoms with Gasteiger partial charge in [-0.15, -0.1) is 0 Å². The van der Waals surface area contributed by atoms with Crippen molar-refractivity contribution in [2.24, 2.45) is 0 Å². The van der Waals surface area contributed by atoms with Crippen molar-refractivity contribution >= 4 is 22.9 Å². The summed E-state index contributed by atoms with van der Waals surface area (Å²) in [5.74, 6) is -0.0528. The van der Waals surface area contributed by atoms with Crippen molar-refractivity contribution in [3.63, 3.8) is 0 Å². The standard InChI is InChI=1S/C21H29N3O3/c1-5-6-11-24-13-18-15(14-9-7-8-10-16(14)22-18)12-17(19(24)25)23-20(26)27-21(2,3)4/h7-10,17,22H,5-6,11-13H2,1-4H3,(H,23,26)/t17-/m0/s1. The molecule has 0 aliphatic carbocycles. The van der Waals surface area contributed by atoms with Crippen LogP contribution in [0, 0.1) is 0 Å². The second-order valence-corrected chi connectivity index (χ2v) is 8.14. The van der Waals surface area contributed by atoms with E-state index in [0.717, 1.165) is 35.0 Å². The Kier molecular flexibility index (Phi) is 5.44. The third kappa shape index (κ3) is 4.43. The smallest absolute Gasteiger partial charge is 0.408 e. The van der Waals surface area contributed by atoms with Gasteiger partial charge in [-0.3, -0.25) is 4.79 Å². The van der Waals surface area contributed by atoms with Crippen LogP contribution in [0.15, 0.2) is 24.3 Å². The number of fused-ring (bicyclic) bond motifs is 3. The van der Waals surface area contributed by atoms with E-state index in [4.69, 9.17) is 4.74 Å². The summed E-state index contributed by atoms with van der Waals surface area (Å²) in [6.45, 7) is 8.76. The number of hydrogen-bond acceptors (Lipinski definition) is 3. The van der Waals surface area contributed by atoms with Crippen molar-refractivity contribution in [3.8, 4) is 0 Å². The molecule has 1 atom stereocenters. The molecular weight excluding hydrogens is 342 g/mol. The summed E-state index contributed by atoms with van der Waals surface area (Å²) in [7, 11) is 0. The molecule has 0 unspecified atom stereocenters. The highest BCUT2D eigenvalue weighted by atomic mass is 16.6. The first kappa shape index (κ1) is 19.3. The minimum atomic E-state index is -0.628. The Morgan fingerprint density at radius 1 is 1.33 bits per heavy atom. The lowest BCUT2D eigenvalue weighted by Gasteiger charge is -2.26. The van der Waals surface area contributed by atoms with Crippen LogP contribution in [0.25, 0.3) is 10.9 Å². The molecule has 146 valence electrons. The molecule has 0 saturated carbocycles. The zero-order chi connectivity index (χ0) is 19.6. The molecule has 2 amide bonds. The normalized spacial score (nSPS) is 17.6. The number of aromatic amines is 1. The van der Waals surface area contributed by atoms with Gasteiger partial charge < -0.3 is 19.9 Å². The van der Waals surface area contributed by atoms with Crippen molar-refractivity contribution < 1.29 is 14.3 Å². The van der Waals surface area contributed by atoms with E-state index in [-0.39, 0.29) is 5.91 Å². The number of unbranched alkanes of at least 4 members (excludes halogenated alkanes) is 1. The lowest BCUT2D eigenvalue weighted by molar-refractivity contribution is -0.133. The zero-order valence-electron chi connectivity index (χ0n) is 16.6. The summed E-state index contributed by atoms with van der Waals surface area (Å²) in [6, 6.07) is 7.46. The lowest BCUT2D eigenvalue weighted by atomic mass is 10.0. The van der Waals surface area contributed by atoms with E-state index in [9.17, 15) is 9.59 Å². The molecule has 6 heteroatoms. The number of benzene rings is 1. The number of alkyl carbamates (subject to hydrolysis) is 1. The Labute approximate surface area is 160 Å². The fourth-order valence-electron chi connectivity index (χ4n) is 3.51. The van der Waals surface area contributed by atoms with E-state index in [1.54, 1.807) is 0 Å². The van der Waals surface area contributed by atoms with Crippen LogP contribution in [0.4, 0.5) is 4.79 Å². The molecule has 0 saturated heterocycles. The van der Waals surface area contributed by atoms with Crippen LogP contribution >= 0.6 is 0 Å². The number of para-hydroxylation sites is 1. The molecule has 1 aliphatic heterocycles. The molecule has 6 nitrogen and oxygen atoms in total. The van der Waals surface area contributed by atoms with E-state index in [0.29, 0.717) is 19.5 Å². The number of ether oxygens (including phenoxy) is 1. The second-order valence-electron chi connectivity index (χ2n) is 8.14. The highest BCUT2D eigenvalue weighted by Gasteiger charge is 2.33. The Morgan fingerprint density at radius 3 is 2.78 bits per heavy atom. The molecule has 1 aromatic carbocycles. The molecule has 0 bridgehead atoms. The third-order valence-electron chi connectivity index (χ3n) is 4.74. The monoisotopic (exact) mass is 371 g/mol. The van der Waals surface area contributed by atoms with Gasteiger partial charge in [0.2, 0.25) is 5.91 Å². The van der Waals surface area contributed by atoms with Crippen LogP contribution in [0.1, 0.15) is 51.8 Å². The van der Waals surface area contributed by atoms with Crippen molar-refractivity contribution in [1.29, 1.82) is 0 Å². The highest BCUT2D eigenvalue weighted by molar-refractivity contribution is 5.90. The molecule has 1 aliphatic rings. The number of rotatable bonds is 4. The largest absolute Gasteiger partial charge is 0.444 e. The van der Waals surface area contributed by atoms with Gasteiger partial charge in [0.15, 0.2) is 0 Å². The summed E-state index contributed by atoms with van der Waals surface area (Å²) in [4.78, 5) is 30.7. The topological polar surface area (TPSA) is 74.4 Å². The Balaban J connectivity index is 1.91. The zero-order valence-corrected chi connectivity index (χ0v) is 16.6. The fraction of sp³-hybridized carbons (Fsp3) is 0.524. The summed E-state index contributed by atoms with van der Waals surface area (Å²) in [5, 5.41) is 3.91. The van der Waals surface area contributed by atoms with Crippen molar-refractivity contribution in [2.45, 2.75) is 65.1 Å². The molecule has 0 spiro atoms. The molecule has 27 heavy (non-hydrogen) atoms.